The number of hydrogen-bond acceptors (Lipinski definition) is 8. The second-order valence-electron chi connectivity index (χ2n) is 16.8. The van der Waals surface area contributed by atoms with Gasteiger partial charge in [-0.1, -0.05) is 61.4 Å². The summed E-state index contributed by atoms with van der Waals surface area (Å²) in [6, 6.07) is 26.1. The maximum absolute atomic E-state index is 15.0. The van der Waals surface area contributed by atoms with Crippen LogP contribution in [0.25, 0.3) is 11.4 Å². The number of amides is 4. The van der Waals surface area contributed by atoms with Crippen molar-refractivity contribution < 1.29 is 28.0 Å². The van der Waals surface area contributed by atoms with Crippen molar-refractivity contribution >= 4 is 69.9 Å². The van der Waals surface area contributed by atoms with Gasteiger partial charge in [0.2, 0.25) is 21.6 Å². The van der Waals surface area contributed by atoms with Gasteiger partial charge in [0.1, 0.15) is 23.0 Å². The number of carbonyl (C=O) groups is 4. The third-order valence-corrected chi connectivity index (χ3v) is 16.0. The summed E-state index contributed by atoms with van der Waals surface area (Å²) in [4.78, 5) is 88.3. The van der Waals surface area contributed by atoms with Gasteiger partial charge in [-0.25, -0.2) is 18.1 Å². The minimum absolute atomic E-state index is 0.0693. The summed E-state index contributed by atoms with van der Waals surface area (Å²) in [7, 11) is 3.43. The molecule has 66 heavy (non-hydrogen) atoms. The first-order valence-electron chi connectivity index (χ1n) is 21.6. The molecule has 0 radical (unpaired) electrons. The molecule has 4 amide bonds. The molecule has 2 spiro atoms. The maximum atomic E-state index is 15.0. The smallest absolute Gasteiger partial charge is 0.295 e. The minimum Gasteiger partial charge on any atom is -0.309 e. The van der Waals surface area contributed by atoms with Gasteiger partial charge in [0, 0.05) is 38.3 Å². The molecule has 14 nitrogen and oxygen atoms in total. The summed E-state index contributed by atoms with van der Waals surface area (Å²) in [6.07, 6.45) is 2.12. The predicted octanol–water partition coefficient (Wildman–Crippen LogP) is 6.38. The summed E-state index contributed by atoms with van der Waals surface area (Å²) < 4.78 is 36.2. The maximum Gasteiger partial charge on any atom is 0.295 e. The molecule has 0 N–H and O–H groups in total. The molecule has 0 aliphatic carbocycles. The number of para-hydroxylation sites is 2. The summed E-state index contributed by atoms with van der Waals surface area (Å²) in [6.45, 7) is 3.82. The quantitative estimate of drug-likeness (QED) is 0.137. The molecule has 4 aliphatic rings. The SMILES string of the molecule is Cc1c(N2C(=O)CSC23C(=O)N(CCCCCCN2C(=O)C4(SCC(=O)N4c4c(C)n(C)n(-c5ccccc5)c4=O)c4ccc(F)cc42)c2cc(F)ccc23)c(=O)n(-c2ccccc2)n1C. The highest BCUT2D eigenvalue weighted by molar-refractivity contribution is 8.02. The number of fused-ring (bicyclic) bond motifs is 4. The number of rotatable bonds is 11. The van der Waals surface area contributed by atoms with Crippen LogP contribution in [0.2, 0.25) is 0 Å². The van der Waals surface area contributed by atoms with E-state index in [0.717, 1.165) is 23.5 Å². The molecule has 6 aromatic rings. The first kappa shape index (κ1) is 43.2. The zero-order valence-electron chi connectivity index (χ0n) is 36.5. The van der Waals surface area contributed by atoms with Crippen molar-refractivity contribution in [3.05, 3.63) is 152 Å². The van der Waals surface area contributed by atoms with E-state index in [1.807, 2.05) is 12.1 Å². The Bertz CT molecular complexity index is 2940. The van der Waals surface area contributed by atoms with Gasteiger partial charge >= 0.3 is 0 Å². The van der Waals surface area contributed by atoms with Crippen LogP contribution in [0.15, 0.2) is 107 Å². The lowest BCUT2D eigenvalue weighted by Crippen LogP contribution is -2.51. The lowest BCUT2D eigenvalue weighted by molar-refractivity contribution is -0.123. The first-order chi connectivity index (χ1) is 31.7. The molecule has 2 unspecified atom stereocenters. The Labute approximate surface area is 385 Å². The number of benzene rings is 4. The summed E-state index contributed by atoms with van der Waals surface area (Å²) in [5.41, 5.74) is 2.86. The Kier molecular flexibility index (Phi) is 10.5. The molecule has 6 heterocycles. The lowest BCUT2D eigenvalue weighted by Gasteiger charge is -2.32. The van der Waals surface area contributed by atoms with Crippen molar-refractivity contribution in [1.82, 2.24) is 18.7 Å². The largest absolute Gasteiger partial charge is 0.309 e. The Morgan fingerprint density at radius 2 is 0.909 bits per heavy atom. The van der Waals surface area contributed by atoms with Crippen LogP contribution < -0.4 is 30.7 Å². The van der Waals surface area contributed by atoms with E-state index in [2.05, 4.69) is 0 Å². The summed E-state index contributed by atoms with van der Waals surface area (Å²) >= 11 is 2.23. The van der Waals surface area contributed by atoms with E-state index in [0.29, 0.717) is 70.9 Å². The van der Waals surface area contributed by atoms with Gasteiger partial charge in [-0.15, -0.1) is 23.5 Å². The molecular formula is C48H44F2N8O6S2. The third kappa shape index (κ3) is 6.13. The van der Waals surface area contributed by atoms with Crippen LogP contribution in [-0.4, -0.2) is 67.0 Å². The third-order valence-electron chi connectivity index (χ3n) is 13.2. The van der Waals surface area contributed by atoms with Gasteiger partial charge in [-0.05, 0) is 75.2 Å². The second-order valence-corrected chi connectivity index (χ2v) is 19.1. The fourth-order valence-corrected chi connectivity index (χ4v) is 12.7. The zero-order chi connectivity index (χ0) is 46.4. The van der Waals surface area contributed by atoms with Gasteiger partial charge < -0.3 is 9.80 Å². The van der Waals surface area contributed by atoms with Crippen LogP contribution in [0.1, 0.15) is 48.2 Å². The highest BCUT2D eigenvalue weighted by atomic mass is 32.2. The molecule has 18 heteroatoms. The first-order valence-corrected chi connectivity index (χ1v) is 23.6. The minimum atomic E-state index is -1.63. The average molecular weight is 931 g/mol. The van der Waals surface area contributed by atoms with E-state index in [1.54, 1.807) is 85.8 Å². The topological polar surface area (TPSA) is 135 Å². The van der Waals surface area contributed by atoms with E-state index in [1.165, 1.54) is 65.4 Å². The van der Waals surface area contributed by atoms with Crippen LogP contribution in [-0.2, 0) is 43.0 Å². The van der Waals surface area contributed by atoms with Gasteiger partial charge in [0.15, 0.2) is 0 Å². The fourth-order valence-electron chi connectivity index (χ4n) is 10.0. The van der Waals surface area contributed by atoms with Crippen molar-refractivity contribution in [2.75, 3.05) is 44.2 Å². The highest BCUT2D eigenvalue weighted by Crippen LogP contribution is 2.57. The number of aromatic nitrogens is 4. The van der Waals surface area contributed by atoms with Gasteiger partial charge in [0.25, 0.3) is 22.9 Å². The van der Waals surface area contributed by atoms with Crippen molar-refractivity contribution in [2.45, 2.75) is 49.3 Å². The van der Waals surface area contributed by atoms with Crippen molar-refractivity contribution in [1.29, 1.82) is 0 Å². The Morgan fingerprint density at radius 1 is 0.530 bits per heavy atom. The van der Waals surface area contributed by atoms with Gasteiger partial charge in [-0.3, -0.25) is 47.9 Å². The summed E-state index contributed by atoms with van der Waals surface area (Å²) in [5.74, 6) is -2.97. The second kappa shape index (κ2) is 16.0. The molecule has 2 aromatic heterocycles. The molecule has 2 atom stereocenters. The van der Waals surface area contributed by atoms with E-state index in [4.69, 9.17) is 0 Å². The molecule has 2 fully saturated rings. The van der Waals surface area contributed by atoms with Crippen LogP contribution in [0.4, 0.5) is 31.5 Å². The number of anilines is 4. The molecule has 2 saturated heterocycles. The van der Waals surface area contributed by atoms with E-state index < -0.39 is 56.1 Å². The number of carbonyl (C=O) groups excluding carboxylic acids is 4. The van der Waals surface area contributed by atoms with E-state index in [9.17, 15) is 28.8 Å². The normalized spacial score (nSPS) is 20.0. The predicted molar refractivity (Wildman–Crippen MR) is 251 cm³/mol. The van der Waals surface area contributed by atoms with Crippen molar-refractivity contribution in [2.24, 2.45) is 14.1 Å². The molecule has 0 bridgehead atoms. The van der Waals surface area contributed by atoms with Crippen molar-refractivity contribution in [3.8, 4) is 11.4 Å². The van der Waals surface area contributed by atoms with E-state index >= 15 is 8.78 Å². The lowest BCUT2D eigenvalue weighted by atomic mass is 10.0. The molecule has 338 valence electrons. The van der Waals surface area contributed by atoms with Crippen LogP contribution in [0.3, 0.4) is 0 Å². The van der Waals surface area contributed by atoms with Gasteiger partial charge in [-0.2, -0.15) is 0 Å². The Balaban J connectivity index is 0.878. The van der Waals surface area contributed by atoms with Crippen LogP contribution in [0.5, 0.6) is 0 Å². The Hall–Kier alpha value is -6.66. The van der Waals surface area contributed by atoms with Crippen LogP contribution >= 0.6 is 23.5 Å². The fraction of sp³-hybridized carbons (Fsp3) is 0.292. The average Bonchev–Trinajstić information content (AvgIpc) is 4.06. The number of unbranched alkanes of at least 4 members (excludes halogenated alkanes) is 3. The molecular weight excluding hydrogens is 887 g/mol. The summed E-state index contributed by atoms with van der Waals surface area (Å²) in [5, 5.41) is 0. The number of halogens is 2. The standard InChI is InChI=1S/C48H44F2N8O6S2/c1-29-41(43(61)57(51(29)3)33-15-9-7-10-16-33)55-39(59)27-65-47(55)35-21-19-31(49)25-37(35)53(45(47)63)23-13-5-6-14-24-54-38-26-32(50)20-22-36(38)48(46(54)64)56(40(60)28-66-48)42-30(2)52(4)58(44(42)62)34-17-11-8-12-18-34/h7-12,15-22,25-26H,5-6,13-14,23-24,27-28H2,1-4H3. The number of nitrogens with zero attached hydrogens (tertiary/aromatic N) is 8. The van der Waals surface area contributed by atoms with Crippen LogP contribution in [0, 0.1) is 25.5 Å². The Morgan fingerprint density at radius 3 is 1.29 bits per heavy atom. The van der Waals surface area contributed by atoms with Crippen molar-refractivity contribution in [3.63, 3.8) is 0 Å². The number of thioether (sulfide) groups is 2. The molecule has 4 aliphatic heterocycles. The van der Waals surface area contributed by atoms with E-state index in [-0.39, 0.29) is 36.0 Å². The number of hydrogen-bond donors (Lipinski definition) is 0. The molecule has 4 aromatic carbocycles. The molecule has 0 saturated carbocycles. The van der Waals surface area contributed by atoms with Gasteiger partial charge in [0.05, 0.1) is 45.6 Å². The zero-order valence-corrected chi connectivity index (χ0v) is 38.1. The monoisotopic (exact) mass is 930 g/mol. The highest BCUT2D eigenvalue weighted by Gasteiger charge is 2.63. The molecule has 10 rings (SSSR count).